The molecule has 0 spiro atoms. The molecule has 36 heavy (non-hydrogen) atoms. The van der Waals surface area contributed by atoms with E-state index in [-0.39, 0.29) is 17.3 Å². The number of aliphatic carboxylic acids is 1. The number of aliphatic hydroxyl groups excluding tert-OH is 2. The third kappa shape index (κ3) is 4.76. The van der Waals surface area contributed by atoms with Crippen LogP contribution in [0.4, 0.5) is 5.82 Å². The Kier molecular flexibility index (Phi) is 6.96. The highest BCUT2D eigenvalue weighted by Gasteiger charge is 2.57. The summed E-state index contributed by atoms with van der Waals surface area (Å²) in [7, 11) is -4.43. The highest BCUT2D eigenvalue weighted by atomic mass is 31.2. The number of aromatic nitrogens is 3. The summed E-state index contributed by atoms with van der Waals surface area (Å²) in [5, 5.41) is 47.0. The number of nitriles is 1. The van der Waals surface area contributed by atoms with Gasteiger partial charge < -0.3 is 30.3 Å². The van der Waals surface area contributed by atoms with Crippen LogP contribution in [-0.2, 0) is 18.6 Å². The molecule has 0 aliphatic carbocycles. The van der Waals surface area contributed by atoms with Gasteiger partial charge in [0.15, 0.2) is 5.82 Å². The molecule has 0 bridgehead atoms. The number of nitrogens with two attached hydrogens (primary N) is 1. The van der Waals surface area contributed by atoms with E-state index in [2.05, 4.69) is 15.2 Å². The number of rotatable bonds is 9. The van der Waals surface area contributed by atoms with Gasteiger partial charge in [0.05, 0.1) is 5.69 Å². The molecule has 0 saturated carbocycles. The molecule has 1 fully saturated rings. The zero-order chi connectivity index (χ0) is 26.1. The van der Waals surface area contributed by atoms with Crippen LogP contribution >= 0.6 is 7.75 Å². The van der Waals surface area contributed by atoms with Crippen LogP contribution in [0.5, 0.6) is 5.75 Å². The Bertz CT molecular complexity index is 1350. The first-order valence-electron chi connectivity index (χ1n) is 10.6. The van der Waals surface area contributed by atoms with E-state index in [9.17, 15) is 29.9 Å². The number of anilines is 1. The Balaban J connectivity index is 1.61. The average molecular weight is 518 g/mol. The predicted octanol–water partition coefficient (Wildman–Crippen LogP) is 0.633. The molecule has 15 heteroatoms. The second kappa shape index (κ2) is 9.82. The van der Waals surface area contributed by atoms with Crippen molar-refractivity contribution in [3.63, 3.8) is 0 Å². The molecular formula is C21H23N6O8P. The summed E-state index contributed by atoms with van der Waals surface area (Å²) in [6.45, 7) is 0.376. The molecule has 1 saturated heterocycles. The fourth-order valence-electron chi connectivity index (χ4n) is 3.66. The van der Waals surface area contributed by atoms with E-state index >= 15 is 0 Å². The Morgan fingerprint density at radius 3 is 2.75 bits per heavy atom. The van der Waals surface area contributed by atoms with Gasteiger partial charge in [-0.1, -0.05) is 18.2 Å². The number of ether oxygens (including phenoxy) is 1. The Hall–Kier alpha value is -3.57. The second-order valence-electron chi connectivity index (χ2n) is 8.04. The summed E-state index contributed by atoms with van der Waals surface area (Å²) in [5.74, 6) is -1.07. The molecule has 1 aliphatic rings. The SMILES string of the molecule is C[C@H](N[P@@](=O)(OC[C@@]1(C#N)O[C@@H](c2ccc3c(N)ncnn23)[C@H](O)[C@@H]1O)Oc1ccccc1)C(=O)O. The molecule has 3 heterocycles. The number of para-hydroxylation sites is 1. The van der Waals surface area contributed by atoms with E-state index in [4.69, 9.17) is 19.5 Å². The molecule has 1 aliphatic heterocycles. The van der Waals surface area contributed by atoms with Crippen LogP contribution in [-0.4, -0.2) is 66.3 Å². The number of nitrogen functional groups attached to an aromatic ring is 1. The first-order valence-corrected chi connectivity index (χ1v) is 12.2. The lowest BCUT2D eigenvalue weighted by Crippen LogP contribution is -2.46. The Labute approximate surface area is 204 Å². The second-order valence-corrected chi connectivity index (χ2v) is 9.73. The minimum atomic E-state index is -4.43. The number of benzene rings is 1. The summed E-state index contributed by atoms with van der Waals surface area (Å²) in [4.78, 5) is 15.2. The number of hydrogen-bond donors (Lipinski definition) is 5. The van der Waals surface area contributed by atoms with Crippen LogP contribution in [0.1, 0.15) is 18.7 Å². The van der Waals surface area contributed by atoms with Gasteiger partial charge in [-0.05, 0) is 31.2 Å². The first kappa shape index (κ1) is 25.5. The van der Waals surface area contributed by atoms with E-state index in [1.165, 1.54) is 36.0 Å². The molecule has 0 unspecified atom stereocenters. The Morgan fingerprint density at radius 2 is 2.08 bits per heavy atom. The number of carboxylic acids is 1. The summed E-state index contributed by atoms with van der Waals surface area (Å²) in [6, 6.07) is 11.3. The van der Waals surface area contributed by atoms with Crippen molar-refractivity contribution in [1.82, 2.24) is 19.7 Å². The number of aliphatic hydroxyl groups is 2. The van der Waals surface area contributed by atoms with Gasteiger partial charge in [-0.2, -0.15) is 15.4 Å². The van der Waals surface area contributed by atoms with Crippen LogP contribution in [0.15, 0.2) is 48.8 Å². The van der Waals surface area contributed by atoms with Crippen molar-refractivity contribution < 1.29 is 38.5 Å². The largest absolute Gasteiger partial charge is 0.480 e. The van der Waals surface area contributed by atoms with Gasteiger partial charge >= 0.3 is 13.7 Å². The topological polar surface area (TPSA) is 215 Å². The molecule has 6 N–H and O–H groups in total. The highest BCUT2D eigenvalue weighted by Crippen LogP contribution is 2.48. The van der Waals surface area contributed by atoms with Crippen molar-refractivity contribution in [2.45, 2.75) is 36.9 Å². The lowest BCUT2D eigenvalue weighted by Gasteiger charge is -2.28. The fourth-order valence-corrected chi connectivity index (χ4v) is 5.18. The molecule has 0 amide bonds. The van der Waals surface area contributed by atoms with Crippen LogP contribution in [0, 0.1) is 11.3 Å². The maximum absolute atomic E-state index is 13.5. The number of nitrogens with zero attached hydrogens (tertiary/aromatic N) is 4. The van der Waals surface area contributed by atoms with E-state index < -0.39 is 50.3 Å². The summed E-state index contributed by atoms with van der Waals surface area (Å²) in [6.07, 6.45) is -3.47. The van der Waals surface area contributed by atoms with Gasteiger partial charge in [-0.15, -0.1) is 0 Å². The molecule has 2 aromatic heterocycles. The molecule has 14 nitrogen and oxygen atoms in total. The normalized spacial score (nSPS) is 26.2. The van der Waals surface area contributed by atoms with Gasteiger partial charge in [0.25, 0.3) is 0 Å². The average Bonchev–Trinajstić information content (AvgIpc) is 3.39. The van der Waals surface area contributed by atoms with Gasteiger partial charge in [-0.25, -0.2) is 14.1 Å². The van der Waals surface area contributed by atoms with Crippen molar-refractivity contribution in [1.29, 1.82) is 5.26 Å². The van der Waals surface area contributed by atoms with Gasteiger partial charge in [-0.3, -0.25) is 9.32 Å². The first-order chi connectivity index (χ1) is 17.1. The molecule has 0 radical (unpaired) electrons. The number of carbonyl (C=O) groups is 1. The standard InChI is InChI=1S/C21H23N6O8P/c1-12(20(30)31)26-36(32,35-13-5-3-2-4-6-13)33-10-21(9-22)18(29)16(28)17(34-21)14-7-8-15-19(23)24-11-25-27(14)15/h2-8,11-12,16-18,28-29H,10H2,1H3,(H,26,32)(H,30,31)(H2,23,24,25)/t12-,16-,17-,18-,21+,36+/m0/s1. The molecule has 1 aromatic carbocycles. The molecule has 4 rings (SSSR count). The summed E-state index contributed by atoms with van der Waals surface area (Å²) < 4.78 is 31.4. The van der Waals surface area contributed by atoms with Crippen molar-refractivity contribution in [2.75, 3.05) is 12.3 Å². The van der Waals surface area contributed by atoms with Gasteiger partial charge in [0.2, 0.25) is 5.60 Å². The quantitative estimate of drug-likeness (QED) is 0.246. The number of hydrogen-bond acceptors (Lipinski definition) is 11. The molecule has 6 atom stereocenters. The maximum atomic E-state index is 13.5. The number of fused-ring (bicyclic) bond motifs is 1. The summed E-state index contributed by atoms with van der Waals surface area (Å²) >= 11 is 0. The minimum Gasteiger partial charge on any atom is -0.480 e. The van der Waals surface area contributed by atoms with Crippen molar-refractivity contribution in [2.24, 2.45) is 0 Å². The predicted molar refractivity (Wildman–Crippen MR) is 122 cm³/mol. The highest BCUT2D eigenvalue weighted by molar-refractivity contribution is 7.52. The smallest absolute Gasteiger partial charge is 0.459 e. The van der Waals surface area contributed by atoms with Crippen LogP contribution in [0.25, 0.3) is 5.52 Å². The minimum absolute atomic E-state index is 0.0969. The van der Waals surface area contributed by atoms with Gasteiger partial charge in [0, 0.05) is 0 Å². The van der Waals surface area contributed by atoms with Crippen molar-refractivity contribution >= 4 is 25.1 Å². The van der Waals surface area contributed by atoms with E-state index in [0.717, 1.165) is 0 Å². The zero-order valence-electron chi connectivity index (χ0n) is 18.8. The van der Waals surface area contributed by atoms with Crippen molar-refractivity contribution in [3.05, 3.63) is 54.5 Å². The molecular weight excluding hydrogens is 495 g/mol. The van der Waals surface area contributed by atoms with Crippen LogP contribution in [0.3, 0.4) is 0 Å². The molecule has 3 aromatic rings. The van der Waals surface area contributed by atoms with E-state index in [0.29, 0.717) is 5.52 Å². The Morgan fingerprint density at radius 1 is 1.36 bits per heavy atom. The summed E-state index contributed by atoms with van der Waals surface area (Å²) in [5.41, 5.74) is 4.32. The number of nitrogens with one attached hydrogen (secondary N) is 1. The third-order valence-corrected chi connectivity index (χ3v) is 7.20. The number of carboxylic acid groups (broad SMARTS) is 1. The van der Waals surface area contributed by atoms with Crippen molar-refractivity contribution in [3.8, 4) is 11.8 Å². The fraction of sp³-hybridized carbons (Fsp3) is 0.333. The van der Waals surface area contributed by atoms with Crippen LogP contribution in [0.2, 0.25) is 0 Å². The van der Waals surface area contributed by atoms with E-state index in [1.807, 2.05) is 0 Å². The van der Waals surface area contributed by atoms with Crippen LogP contribution < -0.4 is 15.3 Å². The van der Waals surface area contributed by atoms with Gasteiger partial charge in [0.1, 0.15) is 54.6 Å². The lowest BCUT2D eigenvalue weighted by atomic mass is 9.96. The lowest BCUT2D eigenvalue weighted by molar-refractivity contribution is -0.138. The maximum Gasteiger partial charge on any atom is 0.459 e. The zero-order valence-corrected chi connectivity index (χ0v) is 19.7. The van der Waals surface area contributed by atoms with E-state index in [1.54, 1.807) is 30.3 Å². The molecule has 190 valence electrons. The monoisotopic (exact) mass is 518 g/mol. The third-order valence-electron chi connectivity index (χ3n) is 5.58.